The van der Waals surface area contributed by atoms with Crippen LogP contribution < -0.4 is 5.11 Å². The van der Waals surface area contributed by atoms with Crippen LogP contribution >= 0.6 is 0 Å². The Morgan fingerprint density at radius 3 is 2.90 bits per heavy atom. The van der Waals surface area contributed by atoms with Gasteiger partial charge in [0.1, 0.15) is 13.3 Å². The number of ether oxygens (including phenoxy) is 1. The number of carbonyl (C=O) groups excluding carboxylic acids is 2. The van der Waals surface area contributed by atoms with Gasteiger partial charge in [-0.2, -0.15) is 0 Å². The van der Waals surface area contributed by atoms with Crippen molar-refractivity contribution in [3.05, 3.63) is 0 Å². The molecule has 0 saturated carbocycles. The lowest BCUT2D eigenvalue weighted by atomic mass is 10.5. The zero-order chi connectivity index (χ0) is 7.56. The Labute approximate surface area is 57.2 Å². The molecule has 0 aromatic heterocycles. The zero-order valence-corrected chi connectivity index (χ0v) is 5.20. The highest BCUT2D eigenvalue weighted by molar-refractivity contribution is 5.82. The fraction of sp³-hybridized carbons (Fsp3) is 0.600. The number of hydrogen-bond donors (Lipinski definition) is 0. The third-order valence-corrected chi connectivity index (χ3v) is 1.15. The maximum Gasteiger partial charge on any atom is 0.250 e. The van der Waals surface area contributed by atoms with Crippen LogP contribution in [-0.4, -0.2) is 36.7 Å². The van der Waals surface area contributed by atoms with Gasteiger partial charge in [0.05, 0.1) is 12.5 Å². The normalized spacial score (nSPS) is 18.0. The zero-order valence-electron chi connectivity index (χ0n) is 5.20. The van der Waals surface area contributed by atoms with Crippen molar-refractivity contribution in [2.24, 2.45) is 0 Å². The van der Waals surface area contributed by atoms with Crippen LogP contribution in [0.1, 0.15) is 0 Å². The highest BCUT2D eigenvalue weighted by atomic mass is 16.5. The topological polar surface area (TPSA) is 69.7 Å². The van der Waals surface area contributed by atoms with Crippen LogP contribution in [0.25, 0.3) is 0 Å². The Bertz CT molecular complexity index is 167. The lowest BCUT2D eigenvalue weighted by Crippen LogP contribution is -2.39. The van der Waals surface area contributed by atoms with Gasteiger partial charge in [0.15, 0.2) is 0 Å². The first-order valence-corrected chi connectivity index (χ1v) is 2.75. The monoisotopic (exact) mass is 144 g/mol. The molecule has 1 heterocycles. The van der Waals surface area contributed by atoms with Gasteiger partial charge in [-0.1, -0.05) is 0 Å². The maximum absolute atomic E-state index is 10.6. The van der Waals surface area contributed by atoms with E-state index in [-0.39, 0.29) is 25.8 Å². The van der Waals surface area contributed by atoms with Gasteiger partial charge < -0.3 is 19.5 Å². The summed E-state index contributed by atoms with van der Waals surface area (Å²) in [6.45, 7) is -0.334. The number of amides is 1. The Kier molecular flexibility index (Phi) is 1.86. The van der Waals surface area contributed by atoms with Crippen molar-refractivity contribution in [3.8, 4) is 0 Å². The Morgan fingerprint density at radius 2 is 2.50 bits per heavy atom. The molecule has 1 saturated heterocycles. The quantitative estimate of drug-likeness (QED) is 0.431. The number of carboxylic acids is 1. The van der Waals surface area contributed by atoms with Crippen LogP contribution in [0.4, 0.5) is 0 Å². The lowest BCUT2D eigenvalue weighted by molar-refractivity contribution is -0.306. The number of rotatable bonds is 2. The predicted molar refractivity (Wildman–Crippen MR) is 27.5 cm³/mol. The molecule has 1 amide bonds. The minimum absolute atomic E-state index is 0.0206. The number of nitrogens with zero attached hydrogens (tertiary/aromatic N) is 1. The number of carboxylic acid groups (broad SMARTS) is 1. The van der Waals surface area contributed by atoms with Crippen LogP contribution in [0.2, 0.25) is 0 Å². The second-order valence-corrected chi connectivity index (χ2v) is 1.94. The first-order valence-electron chi connectivity index (χ1n) is 2.75. The van der Waals surface area contributed by atoms with Gasteiger partial charge in [0, 0.05) is 0 Å². The maximum atomic E-state index is 10.6. The average molecular weight is 144 g/mol. The van der Waals surface area contributed by atoms with Gasteiger partial charge in [-0.25, -0.2) is 0 Å². The molecule has 0 atom stereocenters. The standard InChI is InChI=1S/C5H7NO4/c7-4-2-10-3-6(4)1-5(8)9/h1-3H2,(H,8,9)/p-1. The molecule has 1 fully saturated rings. The van der Waals surface area contributed by atoms with Crippen molar-refractivity contribution in [1.82, 2.24) is 4.90 Å². The molecule has 0 spiro atoms. The van der Waals surface area contributed by atoms with Gasteiger partial charge in [0.2, 0.25) is 0 Å². The predicted octanol–water partition coefficient (Wildman–Crippen LogP) is -2.45. The number of aliphatic carboxylic acids is 1. The van der Waals surface area contributed by atoms with Crippen molar-refractivity contribution >= 4 is 11.9 Å². The average Bonchev–Trinajstić information content (AvgIpc) is 2.15. The summed E-state index contributed by atoms with van der Waals surface area (Å²) in [7, 11) is 0. The van der Waals surface area contributed by atoms with Crippen LogP contribution in [0.5, 0.6) is 0 Å². The third-order valence-electron chi connectivity index (χ3n) is 1.15. The summed E-state index contributed by atoms with van der Waals surface area (Å²) in [5, 5.41) is 9.94. The molecule has 0 aromatic rings. The molecule has 56 valence electrons. The summed E-state index contributed by atoms with van der Waals surface area (Å²) in [6, 6.07) is 0. The molecule has 5 nitrogen and oxygen atoms in total. The van der Waals surface area contributed by atoms with E-state index in [1.807, 2.05) is 0 Å². The SMILES string of the molecule is O=C([O-])CN1COCC1=O. The second kappa shape index (κ2) is 2.66. The summed E-state index contributed by atoms with van der Waals surface area (Å²) in [4.78, 5) is 21.6. The fourth-order valence-electron chi connectivity index (χ4n) is 0.696. The number of hydrogen-bond acceptors (Lipinski definition) is 4. The molecule has 1 rings (SSSR count). The van der Waals surface area contributed by atoms with Gasteiger partial charge in [-0.05, 0) is 0 Å². The minimum Gasteiger partial charge on any atom is -0.548 e. The van der Waals surface area contributed by atoms with Crippen LogP contribution in [0.3, 0.4) is 0 Å². The first-order chi connectivity index (χ1) is 4.70. The Balaban J connectivity index is 2.40. The van der Waals surface area contributed by atoms with Gasteiger partial charge in [-0.3, -0.25) is 4.79 Å². The fourth-order valence-corrected chi connectivity index (χ4v) is 0.696. The molecule has 0 aliphatic carbocycles. The smallest absolute Gasteiger partial charge is 0.250 e. The van der Waals surface area contributed by atoms with E-state index >= 15 is 0 Å². The van der Waals surface area contributed by atoms with Crippen LogP contribution in [0.15, 0.2) is 0 Å². The van der Waals surface area contributed by atoms with E-state index in [1.165, 1.54) is 0 Å². The number of carbonyl (C=O) groups is 2. The molecular weight excluding hydrogens is 138 g/mol. The molecule has 1 aliphatic heterocycles. The van der Waals surface area contributed by atoms with Crippen molar-refractivity contribution < 1.29 is 19.4 Å². The summed E-state index contributed by atoms with van der Waals surface area (Å²) in [6.07, 6.45) is 0. The Morgan fingerprint density at radius 1 is 1.80 bits per heavy atom. The van der Waals surface area contributed by atoms with E-state index in [0.717, 1.165) is 4.90 Å². The van der Waals surface area contributed by atoms with E-state index in [9.17, 15) is 14.7 Å². The summed E-state index contributed by atoms with van der Waals surface area (Å²) >= 11 is 0. The first kappa shape index (κ1) is 7.01. The molecule has 5 heteroatoms. The highest BCUT2D eigenvalue weighted by Crippen LogP contribution is 1.98. The summed E-state index contributed by atoms with van der Waals surface area (Å²) in [5.41, 5.74) is 0. The summed E-state index contributed by atoms with van der Waals surface area (Å²) < 4.78 is 4.66. The van der Waals surface area contributed by atoms with Crippen LogP contribution in [-0.2, 0) is 14.3 Å². The van der Waals surface area contributed by atoms with E-state index in [4.69, 9.17) is 0 Å². The lowest BCUT2D eigenvalue weighted by Gasteiger charge is -2.12. The molecule has 0 radical (unpaired) electrons. The third kappa shape index (κ3) is 1.44. The van der Waals surface area contributed by atoms with Crippen molar-refractivity contribution in [3.63, 3.8) is 0 Å². The van der Waals surface area contributed by atoms with Crippen molar-refractivity contribution in [2.45, 2.75) is 0 Å². The molecule has 0 unspecified atom stereocenters. The molecule has 0 N–H and O–H groups in total. The molecule has 0 bridgehead atoms. The van der Waals surface area contributed by atoms with E-state index in [0.29, 0.717) is 0 Å². The van der Waals surface area contributed by atoms with Crippen molar-refractivity contribution in [2.75, 3.05) is 19.9 Å². The summed E-state index contributed by atoms with van der Waals surface area (Å²) in [5.74, 6) is -1.57. The largest absolute Gasteiger partial charge is 0.548 e. The van der Waals surface area contributed by atoms with Gasteiger partial charge in [-0.15, -0.1) is 0 Å². The Hall–Kier alpha value is -1.10. The molecule has 10 heavy (non-hydrogen) atoms. The minimum atomic E-state index is -1.26. The van der Waals surface area contributed by atoms with E-state index in [1.54, 1.807) is 0 Å². The molecule has 0 aromatic carbocycles. The van der Waals surface area contributed by atoms with Gasteiger partial charge in [0.25, 0.3) is 5.91 Å². The van der Waals surface area contributed by atoms with Gasteiger partial charge >= 0.3 is 0 Å². The van der Waals surface area contributed by atoms with E-state index < -0.39 is 5.97 Å². The molecular formula is C5H6NO4-. The molecule has 1 aliphatic rings. The van der Waals surface area contributed by atoms with E-state index in [2.05, 4.69) is 4.74 Å². The van der Waals surface area contributed by atoms with Crippen molar-refractivity contribution in [1.29, 1.82) is 0 Å². The highest BCUT2D eigenvalue weighted by Gasteiger charge is 2.19. The second-order valence-electron chi connectivity index (χ2n) is 1.94. The van der Waals surface area contributed by atoms with Crippen LogP contribution in [0, 0.1) is 0 Å².